The Morgan fingerprint density at radius 1 is 1.03 bits per heavy atom. The van der Waals surface area contributed by atoms with Crippen molar-refractivity contribution in [3.8, 4) is 0 Å². The first kappa shape index (κ1) is 22.7. The van der Waals surface area contributed by atoms with Crippen molar-refractivity contribution < 1.29 is 18.7 Å². The average molecular weight is 447 g/mol. The normalized spacial score (nSPS) is 15.9. The van der Waals surface area contributed by atoms with E-state index in [1.807, 2.05) is 36.1 Å². The van der Waals surface area contributed by atoms with Crippen LogP contribution in [0, 0.1) is 5.82 Å². The number of halogens is 1. The molecule has 2 atom stereocenters. The molecule has 1 heterocycles. The third-order valence-electron chi connectivity index (χ3n) is 6.21. The van der Waals surface area contributed by atoms with E-state index in [2.05, 4.69) is 17.4 Å². The van der Waals surface area contributed by atoms with Crippen molar-refractivity contribution in [3.63, 3.8) is 0 Å². The van der Waals surface area contributed by atoms with E-state index in [1.54, 1.807) is 24.3 Å². The van der Waals surface area contributed by atoms with Crippen LogP contribution < -0.4 is 5.32 Å². The molecule has 33 heavy (non-hydrogen) atoms. The predicted molar refractivity (Wildman–Crippen MR) is 124 cm³/mol. The van der Waals surface area contributed by atoms with Gasteiger partial charge in [0.1, 0.15) is 5.82 Å². The van der Waals surface area contributed by atoms with E-state index in [-0.39, 0.29) is 23.8 Å². The number of nitrogens with zero attached hydrogens (tertiary/aromatic N) is 1. The number of ether oxygens (including phenoxy) is 1. The van der Waals surface area contributed by atoms with Gasteiger partial charge >= 0.3 is 5.97 Å². The number of rotatable bonds is 6. The van der Waals surface area contributed by atoms with Crippen LogP contribution in [0.15, 0.2) is 72.8 Å². The average Bonchev–Trinajstić information content (AvgIpc) is 2.86. The largest absolute Gasteiger partial charge is 0.465 e. The molecule has 0 aromatic heterocycles. The number of esters is 1. The van der Waals surface area contributed by atoms with Crippen molar-refractivity contribution in [2.75, 3.05) is 7.11 Å². The van der Waals surface area contributed by atoms with Gasteiger partial charge in [-0.3, -0.25) is 4.79 Å². The number of benzene rings is 3. The zero-order valence-corrected chi connectivity index (χ0v) is 18.8. The third-order valence-corrected chi connectivity index (χ3v) is 6.21. The number of hydrogen-bond donors (Lipinski definition) is 1. The van der Waals surface area contributed by atoms with Crippen molar-refractivity contribution in [1.29, 1.82) is 0 Å². The van der Waals surface area contributed by atoms with Crippen LogP contribution >= 0.6 is 0 Å². The molecule has 0 saturated carbocycles. The van der Waals surface area contributed by atoms with Gasteiger partial charge in [-0.05, 0) is 59.9 Å². The lowest BCUT2D eigenvalue weighted by atomic mass is 9.94. The van der Waals surface area contributed by atoms with Gasteiger partial charge in [0.05, 0.1) is 24.8 Å². The summed E-state index contributed by atoms with van der Waals surface area (Å²) < 4.78 is 18.3. The molecule has 3 aromatic carbocycles. The van der Waals surface area contributed by atoms with Gasteiger partial charge in [-0.1, -0.05) is 48.5 Å². The Morgan fingerprint density at radius 2 is 1.70 bits per heavy atom. The number of fused-ring (bicyclic) bond motifs is 1. The van der Waals surface area contributed by atoms with E-state index in [1.165, 1.54) is 30.4 Å². The molecule has 3 aromatic rings. The fourth-order valence-electron chi connectivity index (χ4n) is 4.22. The summed E-state index contributed by atoms with van der Waals surface area (Å²) in [6, 6.07) is 20.8. The number of nitrogens with one attached hydrogen (secondary N) is 1. The maximum absolute atomic E-state index is 13.7. The zero-order chi connectivity index (χ0) is 23.4. The molecule has 6 heteroatoms. The van der Waals surface area contributed by atoms with Gasteiger partial charge in [0.15, 0.2) is 0 Å². The quantitative estimate of drug-likeness (QED) is 0.570. The molecule has 1 N–H and O–H groups in total. The molecule has 5 nitrogen and oxygen atoms in total. The van der Waals surface area contributed by atoms with E-state index < -0.39 is 5.97 Å². The van der Waals surface area contributed by atoms with Crippen molar-refractivity contribution in [3.05, 3.63) is 106 Å². The van der Waals surface area contributed by atoms with E-state index in [9.17, 15) is 14.0 Å². The Kier molecular flexibility index (Phi) is 6.84. The van der Waals surface area contributed by atoms with Gasteiger partial charge in [-0.2, -0.15) is 0 Å². The molecule has 1 amide bonds. The molecular formula is C27H27FN2O3. The minimum absolute atomic E-state index is 0.0154. The maximum Gasteiger partial charge on any atom is 0.337 e. The standard InChI is InChI=1S/C27H27FN2O3/c1-18(20-11-13-24(28)14-12-20)30(17-19-7-9-21(10-8-19)27(32)33-2)26(31)25-15-22-5-3-4-6-23(22)16-29-25/h3-14,18,25,29H,15-17H2,1-2H3/t18-,25?/m1/s1. The Balaban J connectivity index is 1.60. The number of hydrogen-bond acceptors (Lipinski definition) is 4. The summed E-state index contributed by atoms with van der Waals surface area (Å²) in [5.74, 6) is -0.731. The molecule has 170 valence electrons. The fourth-order valence-corrected chi connectivity index (χ4v) is 4.22. The van der Waals surface area contributed by atoms with Crippen molar-refractivity contribution in [2.45, 2.75) is 38.5 Å². The van der Waals surface area contributed by atoms with Crippen LogP contribution in [0.4, 0.5) is 4.39 Å². The van der Waals surface area contributed by atoms with Gasteiger partial charge in [-0.15, -0.1) is 0 Å². The molecular weight excluding hydrogens is 419 g/mol. The molecule has 1 aliphatic rings. The summed E-state index contributed by atoms with van der Waals surface area (Å²) >= 11 is 0. The van der Waals surface area contributed by atoms with E-state index in [0.717, 1.165) is 11.1 Å². The first-order valence-electron chi connectivity index (χ1n) is 11.0. The van der Waals surface area contributed by atoms with Gasteiger partial charge in [0, 0.05) is 13.1 Å². The Bertz CT molecular complexity index is 1130. The van der Waals surface area contributed by atoms with Gasteiger partial charge < -0.3 is 15.0 Å². The van der Waals surface area contributed by atoms with E-state index in [0.29, 0.717) is 25.1 Å². The Labute approximate surface area is 193 Å². The Morgan fingerprint density at radius 3 is 2.36 bits per heavy atom. The second kappa shape index (κ2) is 9.96. The van der Waals surface area contributed by atoms with E-state index >= 15 is 0 Å². The summed E-state index contributed by atoms with van der Waals surface area (Å²) in [5.41, 5.74) is 4.58. The molecule has 0 saturated heterocycles. The first-order valence-corrected chi connectivity index (χ1v) is 11.0. The minimum Gasteiger partial charge on any atom is -0.465 e. The number of amides is 1. The van der Waals surface area contributed by atoms with Crippen molar-refractivity contribution in [2.24, 2.45) is 0 Å². The molecule has 0 radical (unpaired) electrons. The molecule has 4 rings (SSSR count). The highest BCUT2D eigenvalue weighted by atomic mass is 19.1. The second-order valence-electron chi connectivity index (χ2n) is 8.29. The Hall–Kier alpha value is -3.51. The van der Waals surface area contributed by atoms with Crippen molar-refractivity contribution >= 4 is 11.9 Å². The topological polar surface area (TPSA) is 58.6 Å². The second-order valence-corrected chi connectivity index (χ2v) is 8.29. The summed E-state index contributed by atoms with van der Waals surface area (Å²) in [4.78, 5) is 27.3. The number of carbonyl (C=O) groups is 2. The van der Waals surface area contributed by atoms with Gasteiger partial charge in [0.2, 0.25) is 5.91 Å². The minimum atomic E-state index is -0.403. The van der Waals surface area contributed by atoms with Crippen LogP contribution in [-0.2, 0) is 29.0 Å². The highest BCUT2D eigenvalue weighted by Crippen LogP contribution is 2.26. The van der Waals surface area contributed by atoms with Crippen LogP contribution in [-0.4, -0.2) is 29.9 Å². The number of methoxy groups -OCH3 is 1. The molecule has 0 aliphatic carbocycles. The molecule has 1 aliphatic heterocycles. The zero-order valence-electron chi connectivity index (χ0n) is 18.8. The highest BCUT2D eigenvalue weighted by molar-refractivity contribution is 5.89. The predicted octanol–water partition coefficient (Wildman–Crippen LogP) is 4.42. The molecule has 0 fully saturated rings. The lowest BCUT2D eigenvalue weighted by molar-refractivity contribution is -0.136. The summed E-state index contributed by atoms with van der Waals surface area (Å²) in [6.45, 7) is 2.95. The smallest absolute Gasteiger partial charge is 0.337 e. The number of carbonyl (C=O) groups excluding carboxylic acids is 2. The molecule has 0 spiro atoms. The molecule has 1 unspecified atom stereocenters. The monoisotopic (exact) mass is 446 g/mol. The summed E-state index contributed by atoms with van der Waals surface area (Å²) in [6.07, 6.45) is 0.614. The van der Waals surface area contributed by atoms with E-state index in [4.69, 9.17) is 4.74 Å². The lowest BCUT2D eigenvalue weighted by Crippen LogP contribution is -2.49. The first-order chi connectivity index (χ1) is 16.0. The van der Waals surface area contributed by atoms with Crippen LogP contribution in [0.5, 0.6) is 0 Å². The van der Waals surface area contributed by atoms with Crippen LogP contribution in [0.25, 0.3) is 0 Å². The SMILES string of the molecule is COC(=O)c1ccc(CN(C(=O)C2Cc3ccccc3CN2)[C@H](C)c2ccc(F)cc2)cc1. The van der Waals surface area contributed by atoms with Crippen LogP contribution in [0.3, 0.4) is 0 Å². The van der Waals surface area contributed by atoms with Crippen molar-refractivity contribution in [1.82, 2.24) is 10.2 Å². The maximum atomic E-state index is 13.7. The summed E-state index contributed by atoms with van der Waals surface area (Å²) in [7, 11) is 1.34. The van der Waals surface area contributed by atoms with Gasteiger partial charge in [0.25, 0.3) is 0 Å². The third kappa shape index (κ3) is 5.12. The lowest BCUT2D eigenvalue weighted by Gasteiger charge is -2.35. The van der Waals surface area contributed by atoms with Crippen LogP contribution in [0.2, 0.25) is 0 Å². The highest BCUT2D eigenvalue weighted by Gasteiger charge is 2.31. The van der Waals surface area contributed by atoms with Crippen LogP contribution in [0.1, 0.15) is 45.6 Å². The summed E-state index contributed by atoms with van der Waals surface area (Å²) in [5, 5.41) is 3.38. The van der Waals surface area contributed by atoms with Gasteiger partial charge in [-0.25, -0.2) is 9.18 Å². The molecule has 0 bridgehead atoms. The fraction of sp³-hybridized carbons (Fsp3) is 0.259.